The Morgan fingerprint density at radius 1 is 1.36 bits per heavy atom. The maximum Gasteiger partial charge on any atom is 0.302 e. The molecule has 3 heterocycles. The number of esters is 1. The fourth-order valence-electron chi connectivity index (χ4n) is 4.76. The zero-order valence-corrected chi connectivity index (χ0v) is 16.5. The third-order valence-electron chi connectivity index (χ3n) is 6.13. The van der Waals surface area contributed by atoms with Crippen molar-refractivity contribution in [3.8, 4) is 11.5 Å². The van der Waals surface area contributed by atoms with E-state index in [2.05, 4.69) is 21.9 Å². The van der Waals surface area contributed by atoms with E-state index in [-0.39, 0.29) is 23.5 Å². The SMILES string of the molecule is COC(C)=O.COc1ccc2c3c1O[C@H]1C[C@@H](O)C=C[C@@]31CCN1OCCC21. The van der Waals surface area contributed by atoms with Gasteiger partial charge in [-0.1, -0.05) is 18.2 Å². The summed E-state index contributed by atoms with van der Waals surface area (Å²) in [5.74, 6) is 1.40. The van der Waals surface area contributed by atoms with Crippen LogP contribution in [0, 0.1) is 0 Å². The molecule has 0 bridgehead atoms. The molecule has 0 saturated carbocycles. The topological polar surface area (TPSA) is 77.5 Å². The molecule has 0 aromatic heterocycles. The highest BCUT2D eigenvalue weighted by atomic mass is 16.7. The van der Waals surface area contributed by atoms with Gasteiger partial charge in [-0.3, -0.25) is 9.63 Å². The Morgan fingerprint density at radius 2 is 2.14 bits per heavy atom. The first kappa shape index (κ1) is 19.2. The molecule has 28 heavy (non-hydrogen) atoms. The number of carbonyl (C=O) groups is 1. The highest BCUT2D eigenvalue weighted by molar-refractivity contribution is 5.65. The van der Waals surface area contributed by atoms with Crippen LogP contribution < -0.4 is 9.47 Å². The number of benzene rings is 1. The normalized spacial score (nSPS) is 32.1. The number of aliphatic hydroxyl groups excluding tert-OH is 1. The first-order valence-corrected chi connectivity index (χ1v) is 9.69. The van der Waals surface area contributed by atoms with Crippen LogP contribution in [-0.2, 0) is 19.8 Å². The van der Waals surface area contributed by atoms with Gasteiger partial charge in [-0.2, -0.15) is 5.06 Å². The van der Waals surface area contributed by atoms with E-state index in [0.29, 0.717) is 6.42 Å². The summed E-state index contributed by atoms with van der Waals surface area (Å²) in [5, 5.41) is 12.2. The first-order valence-electron chi connectivity index (χ1n) is 9.69. The maximum atomic E-state index is 10.1. The van der Waals surface area contributed by atoms with Gasteiger partial charge in [0, 0.05) is 25.5 Å². The number of aliphatic hydroxyl groups is 1. The quantitative estimate of drug-likeness (QED) is 0.583. The van der Waals surface area contributed by atoms with Gasteiger partial charge in [-0.25, -0.2) is 0 Å². The molecular weight excluding hydrogens is 362 g/mol. The van der Waals surface area contributed by atoms with Gasteiger partial charge < -0.3 is 19.3 Å². The molecule has 152 valence electrons. The predicted octanol–water partition coefficient (Wildman–Crippen LogP) is 2.28. The zero-order chi connectivity index (χ0) is 19.9. The summed E-state index contributed by atoms with van der Waals surface area (Å²) < 4.78 is 16.0. The minimum Gasteiger partial charge on any atom is -0.493 e. The van der Waals surface area contributed by atoms with Gasteiger partial charge in [0.2, 0.25) is 0 Å². The number of ether oxygens (including phenoxy) is 3. The molecule has 3 aliphatic heterocycles. The molecule has 1 unspecified atom stereocenters. The molecule has 1 N–H and O–H groups in total. The molecule has 1 aliphatic carbocycles. The minimum atomic E-state index is -0.436. The molecule has 1 fully saturated rings. The van der Waals surface area contributed by atoms with Gasteiger partial charge in [0.15, 0.2) is 11.5 Å². The number of hydroxylamine groups is 2. The average Bonchev–Trinajstić information content (AvgIpc) is 3.25. The molecule has 0 amide bonds. The summed E-state index contributed by atoms with van der Waals surface area (Å²) in [6.07, 6.45) is 6.19. The number of carbonyl (C=O) groups excluding carboxylic acids is 1. The number of rotatable bonds is 1. The summed E-state index contributed by atoms with van der Waals surface area (Å²) in [7, 11) is 3.03. The van der Waals surface area contributed by atoms with Gasteiger partial charge in [-0.05, 0) is 24.5 Å². The smallest absolute Gasteiger partial charge is 0.302 e. The molecule has 4 aliphatic rings. The summed E-state index contributed by atoms with van der Waals surface area (Å²) in [5.41, 5.74) is 2.37. The Balaban J connectivity index is 0.000000346. The second-order valence-electron chi connectivity index (χ2n) is 7.59. The lowest BCUT2D eigenvalue weighted by molar-refractivity contribution is -0.137. The van der Waals surface area contributed by atoms with Gasteiger partial charge >= 0.3 is 5.97 Å². The van der Waals surface area contributed by atoms with Crippen LogP contribution >= 0.6 is 0 Å². The van der Waals surface area contributed by atoms with Crippen LogP contribution in [0.2, 0.25) is 0 Å². The molecule has 0 radical (unpaired) electrons. The monoisotopic (exact) mass is 389 g/mol. The third kappa shape index (κ3) is 2.98. The molecular formula is C21H27NO6. The number of fused-ring (bicyclic) bond motifs is 2. The molecule has 7 heteroatoms. The van der Waals surface area contributed by atoms with Gasteiger partial charge in [-0.15, -0.1) is 0 Å². The van der Waals surface area contributed by atoms with Crippen molar-refractivity contribution in [1.82, 2.24) is 5.06 Å². The van der Waals surface area contributed by atoms with Crippen molar-refractivity contribution in [2.75, 3.05) is 27.4 Å². The summed E-state index contributed by atoms with van der Waals surface area (Å²) in [6, 6.07) is 4.46. The summed E-state index contributed by atoms with van der Waals surface area (Å²) >= 11 is 0. The minimum absolute atomic E-state index is 0.0347. The van der Waals surface area contributed by atoms with Crippen LogP contribution in [0.1, 0.15) is 43.4 Å². The van der Waals surface area contributed by atoms with E-state index in [1.165, 1.54) is 25.2 Å². The third-order valence-corrected chi connectivity index (χ3v) is 6.13. The van der Waals surface area contributed by atoms with E-state index in [9.17, 15) is 9.90 Å². The van der Waals surface area contributed by atoms with Gasteiger partial charge in [0.1, 0.15) is 6.10 Å². The lowest BCUT2D eigenvalue weighted by Crippen LogP contribution is -2.42. The number of methoxy groups -OCH3 is 2. The molecule has 1 aromatic rings. The van der Waals surface area contributed by atoms with Crippen LogP contribution in [0.25, 0.3) is 0 Å². The van der Waals surface area contributed by atoms with E-state index in [4.69, 9.17) is 14.3 Å². The highest BCUT2D eigenvalue weighted by Crippen LogP contribution is 2.58. The first-order chi connectivity index (χ1) is 13.5. The standard InChI is InChI=1S/C18H21NO4.C3H6O2/c1-21-14-3-2-12-13-5-9-22-19(13)8-7-18-6-4-11(20)10-15(18)23-17(14)16(12)18;1-3(4)5-2/h2-4,6,11,13,15,20H,5,7-10H2,1H3;1-2H3/t11-,13?,15-,18-;/m0./s1. The van der Waals surface area contributed by atoms with Crippen molar-refractivity contribution in [3.05, 3.63) is 35.4 Å². The summed E-state index contributed by atoms with van der Waals surface area (Å²) in [6.45, 7) is 3.01. The van der Waals surface area contributed by atoms with E-state index in [0.717, 1.165) is 37.5 Å². The highest BCUT2D eigenvalue weighted by Gasteiger charge is 2.54. The molecule has 1 aromatic carbocycles. The Hall–Kier alpha value is -2.09. The molecule has 1 saturated heterocycles. The van der Waals surface area contributed by atoms with Crippen molar-refractivity contribution in [2.45, 2.75) is 49.9 Å². The van der Waals surface area contributed by atoms with Crippen LogP contribution in [0.4, 0.5) is 0 Å². The maximum absolute atomic E-state index is 10.1. The van der Waals surface area contributed by atoms with Crippen molar-refractivity contribution in [2.24, 2.45) is 0 Å². The lowest BCUT2D eigenvalue weighted by atomic mass is 9.68. The molecule has 1 spiro atoms. The number of nitrogens with zero attached hydrogens (tertiary/aromatic N) is 1. The predicted molar refractivity (Wildman–Crippen MR) is 101 cm³/mol. The van der Waals surface area contributed by atoms with Crippen molar-refractivity contribution >= 4 is 5.97 Å². The average molecular weight is 389 g/mol. The Bertz CT molecular complexity index is 793. The van der Waals surface area contributed by atoms with Crippen LogP contribution in [0.15, 0.2) is 24.3 Å². The fraction of sp³-hybridized carbons (Fsp3) is 0.571. The second kappa shape index (κ2) is 7.39. The Kier molecular flexibility index (Phi) is 5.07. The van der Waals surface area contributed by atoms with Gasteiger partial charge in [0.25, 0.3) is 0 Å². The van der Waals surface area contributed by atoms with Crippen LogP contribution in [0.5, 0.6) is 11.5 Å². The Morgan fingerprint density at radius 3 is 2.86 bits per heavy atom. The number of hydrogen-bond acceptors (Lipinski definition) is 7. The van der Waals surface area contributed by atoms with E-state index < -0.39 is 6.10 Å². The van der Waals surface area contributed by atoms with E-state index >= 15 is 0 Å². The van der Waals surface area contributed by atoms with E-state index in [1.54, 1.807) is 7.11 Å². The van der Waals surface area contributed by atoms with Crippen molar-refractivity contribution < 1.29 is 28.9 Å². The largest absolute Gasteiger partial charge is 0.493 e. The van der Waals surface area contributed by atoms with Crippen LogP contribution in [0.3, 0.4) is 0 Å². The second-order valence-corrected chi connectivity index (χ2v) is 7.59. The van der Waals surface area contributed by atoms with Gasteiger partial charge in [0.05, 0.1) is 38.4 Å². The molecule has 7 nitrogen and oxygen atoms in total. The number of hydrogen-bond donors (Lipinski definition) is 1. The molecule has 5 rings (SSSR count). The van der Waals surface area contributed by atoms with E-state index in [1.807, 2.05) is 12.1 Å². The van der Waals surface area contributed by atoms with Crippen molar-refractivity contribution in [3.63, 3.8) is 0 Å². The van der Waals surface area contributed by atoms with Crippen LogP contribution in [-0.4, -0.2) is 55.7 Å². The summed E-state index contributed by atoms with van der Waals surface area (Å²) in [4.78, 5) is 15.4. The zero-order valence-electron chi connectivity index (χ0n) is 16.5. The fourth-order valence-corrected chi connectivity index (χ4v) is 4.76. The molecule has 4 atom stereocenters. The Labute approximate surface area is 164 Å². The van der Waals surface area contributed by atoms with Crippen molar-refractivity contribution in [1.29, 1.82) is 0 Å². The lowest BCUT2D eigenvalue weighted by Gasteiger charge is -2.35.